The Bertz CT molecular complexity index is 615. The van der Waals surface area contributed by atoms with Crippen molar-refractivity contribution >= 4 is 18.3 Å². The van der Waals surface area contributed by atoms with Gasteiger partial charge >= 0.3 is 0 Å². The fourth-order valence-electron chi connectivity index (χ4n) is 3.59. The Morgan fingerprint density at radius 1 is 1.22 bits per heavy atom. The maximum absolute atomic E-state index is 13.6. The highest BCUT2D eigenvalue weighted by atomic mass is 35.5. The lowest BCUT2D eigenvalue weighted by atomic mass is 9.86. The first-order chi connectivity index (χ1) is 12.6. The van der Waals surface area contributed by atoms with Gasteiger partial charge in [0, 0.05) is 38.1 Å². The highest BCUT2D eigenvalue weighted by Crippen LogP contribution is 2.27. The molecular formula is C19H27ClF2N2O3. The van der Waals surface area contributed by atoms with Crippen LogP contribution in [0, 0.1) is 11.6 Å². The number of benzene rings is 1. The zero-order valence-electron chi connectivity index (χ0n) is 15.2. The van der Waals surface area contributed by atoms with E-state index in [1.807, 2.05) is 0 Å². The van der Waals surface area contributed by atoms with Crippen LogP contribution in [0.25, 0.3) is 0 Å². The zero-order valence-corrected chi connectivity index (χ0v) is 16.0. The van der Waals surface area contributed by atoms with Gasteiger partial charge in [-0.05, 0) is 43.5 Å². The molecule has 2 fully saturated rings. The Kier molecular flexibility index (Phi) is 8.89. The van der Waals surface area contributed by atoms with Crippen molar-refractivity contribution in [2.75, 3.05) is 32.9 Å². The van der Waals surface area contributed by atoms with Crippen LogP contribution in [-0.4, -0.2) is 51.0 Å². The summed E-state index contributed by atoms with van der Waals surface area (Å²) in [4.78, 5) is 12.3. The number of ether oxygens (including phenoxy) is 2. The van der Waals surface area contributed by atoms with Crippen LogP contribution >= 0.6 is 12.4 Å². The highest BCUT2D eigenvalue weighted by Gasteiger charge is 2.28. The first-order valence-corrected chi connectivity index (χ1v) is 9.28. The van der Waals surface area contributed by atoms with E-state index in [-0.39, 0.29) is 36.4 Å². The van der Waals surface area contributed by atoms with Gasteiger partial charge in [0.15, 0.2) is 11.6 Å². The monoisotopic (exact) mass is 404 g/mol. The van der Waals surface area contributed by atoms with Gasteiger partial charge in [0.05, 0.1) is 12.7 Å². The summed E-state index contributed by atoms with van der Waals surface area (Å²) < 4.78 is 37.8. The number of halogens is 3. The van der Waals surface area contributed by atoms with Crippen molar-refractivity contribution in [2.24, 2.45) is 0 Å². The van der Waals surface area contributed by atoms with E-state index >= 15 is 0 Å². The van der Waals surface area contributed by atoms with Crippen LogP contribution in [0.3, 0.4) is 0 Å². The van der Waals surface area contributed by atoms with Crippen molar-refractivity contribution in [3.63, 3.8) is 0 Å². The van der Waals surface area contributed by atoms with Crippen molar-refractivity contribution in [2.45, 2.75) is 43.7 Å². The first kappa shape index (κ1) is 22.0. The largest absolute Gasteiger partial charge is 0.381 e. The maximum Gasteiger partial charge on any atom is 0.222 e. The Hall–Kier alpha value is -1.28. The summed E-state index contributed by atoms with van der Waals surface area (Å²) in [5.41, 5.74) is 0.717. The number of carbonyl (C=O) groups is 1. The summed E-state index contributed by atoms with van der Waals surface area (Å²) in [6.45, 7) is 3.19. The van der Waals surface area contributed by atoms with Crippen molar-refractivity contribution in [1.29, 1.82) is 0 Å². The van der Waals surface area contributed by atoms with Crippen LogP contribution in [-0.2, 0) is 14.3 Å². The molecule has 2 saturated heterocycles. The molecule has 0 aromatic heterocycles. The molecule has 0 aliphatic carbocycles. The average molecular weight is 405 g/mol. The molecule has 152 valence electrons. The number of carbonyl (C=O) groups excluding carboxylic acids is 1. The Morgan fingerprint density at radius 2 is 2.00 bits per heavy atom. The number of amides is 1. The second-order valence-corrected chi connectivity index (χ2v) is 6.88. The fourth-order valence-corrected chi connectivity index (χ4v) is 3.59. The van der Waals surface area contributed by atoms with Gasteiger partial charge in [0.25, 0.3) is 0 Å². The van der Waals surface area contributed by atoms with Gasteiger partial charge < -0.3 is 20.1 Å². The summed E-state index contributed by atoms with van der Waals surface area (Å²) in [7, 11) is 0. The maximum atomic E-state index is 13.6. The fraction of sp³-hybridized carbons (Fsp3) is 0.632. The molecule has 2 N–H and O–H groups in total. The quantitative estimate of drug-likeness (QED) is 0.765. The minimum Gasteiger partial charge on any atom is -0.381 e. The van der Waals surface area contributed by atoms with Crippen LogP contribution in [0.15, 0.2) is 18.2 Å². The highest BCUT2D eigenvalue weighted by molar-refractivity contribution is 5.85. The Labute approximate surface area is 164 Å². The molecule has 0 bridgehead atoms. The minimum absolute atomic E-state index is 0. The molecule has 1 aromatic carbocycles. The SMILES string of the molecule is Cl.O=C(CCOC1CCOCC1)NC1CNCCC1c1ccc(F)c(F)c1. The van der Waals surface area contributed by atoms with Crippen molar-refractivity contribution in [3.05, 3.63) is 35.4 Å². The molecule has 27 heavy (non-hydrogen) atoms. The van der Waals surface area contributed by atoms with Gasteiger partial charge in [0.1, 0.15) is 0 Å². The predicted molar refractivity (Wildman–Crippen MR) is 100 cm³/mol. The van der Waals surface area contributed by atoms with E-state index in [9.17, 15) is 13.6 Å². The third-order valence-corrected chi connectivity index (χ3v) is 5.05. The molecule has 8 heteroatoms. The van der Waals surface area contributed by atoms with Crippen molar-refractivity contribution in [3.8, 4) is 0 Å². The summed E-state index contributed by atoms with van der Waals surface area (Å²) in [5, 5.41) is 6.26. The smallest absolute Gasteiger partial charge is 0.222 e. The van der Waals surface area contributed by atoms with Crippen molar-refractivity contribution < 1.29 is 23.0 Å². The van der Waals surface area contributed by atoms with E-state index in [2.05, 4.69) is 10.6 Å². The number of rotatable bonds is 6. The molecule has 1 amide bonds. The normalized spacial score (nSPS) is 23.5. The number of nitrogens with one attached hydrogen (secondary N) is 2. The molecule has 2 aliphatic rings. The standard InChI is InChI=1S/C19H26F2N2O3.ClH/c20-16-2-1-13(11-17(16)21)15-3-7-22-12-18(15)23-19(24)6-10-26-14-4-8-25-9-5-14;/h1-2,11,14-15,18,22H,3-10,12H2,(H,23,24);1H. The minimum atomic E-state index is -0.853. The Balaban J connectivity index is 0.00000261. The lowest BCUT2D eigenvalue weighted by Crippen LogP contribution is -2.50. The van der Waals surface area contributed by atoms with Crippen LogP contribution in [0.2, 0.25) is 0 Å². The topological polar surface area (TPSA) is 59.6 Å². The van der Waals surface area contributed by atoms with Gasteiger partial charge in [-0.2, -0.15) is 0 Å². The van der Waals surface area contributed by atoms with Gasteiger partial charge in [0.2, 0.25) is 5.91 Å². The third kappa shape index (κ3) is 6.38. The van der Waals surface area contributed by atoms with E-state index in [0.29, 0.717) is 38.3 Å². The first-order valence-electron chi connectivity index (χ1n) is 9.28. The molecule has 2 atom stereocenters. The molecule has 2 heterocycles. The predicted octanol–water partition coefficient (Wildman–Crippen LogP) is 2.53. The van der Waals surface area contributed by atoms with Gasteiger partial charge in [-0.15, -0.1) is 12.4 Å². The second kappa shape index (κ2) is 10.9. The van der Waals surface area contributed by atoms with E-state index < -0.39 is 11.6 Å². The van der Waals surface area contributed by atoms with Crippen LogP contribution in [0.1, 0.15) is 37.2 Å². The molecule has 1 aromatic rings. The molecule has 2 unspecified atom stereocenters. The number of hydrogen-bond acceptors (Lipinski definition) is 4. The van der Waals surface area contributed by atoms with E-state index in [1.54, 1.807) is 6.07 Å². The van der Waals surface area contributed by atoms with Crippen LogP contribution in [0.5, 0.6) is 0 Å². The summed E-state index contributed by atoms with van der Waals surface area (Å²) in [6.07, 6.45) is 2.95. The molecule has 2 aliphatic heterocycles. The van der Waals surface area contributed by atoms with E-state index in [1.165, 1.54) is 6.07 Å². The van der Waals surface area contributed by atoms with Gasteiger partial charge in [-0.25, -0.2) is 8.78 Å². The third-order valence-electron chi connectivity index (χ3n) is 5.05. The molecular weight excluding hydrogens is 378 g/mol. The molecule has 0 saturated carbocycles. The molecule has 0 radical (unpaired) electrons. The van der Waals surface area contributed by atoms with Gasteiger partial charge in [-0.1, -0.05) is 6.07 Å². The molecule has 5 nitrogen and oxygen atoms in total. The number of piperidine rings is 1. The number of hydrogen-bond donors (Lipinski definition) is 2. The van der Waals surface area contributed by atoms with Crippen molar-refractivity contribution in [1.82, 2.24) is 10.6 Å². The van der Waals surface area contributed by atoms with Crippen LogP contribution < -0.4 is 10.6 Å². The summed E-state index contributed by atoms with van der Waals surface area (Å²) in [5.74, 6) is -1.82. The molecule has 0 spiro atoms. The average Bonchev–Trinajstić information content (AvgIpc) is 2.65. The van der Waals surface area contributed by atoms with Crippen LogP contribution in [0.4, 0.5) is 8.78 Å². The molecule has 3 rings (SSSR count). The lowest BCUT2D eigenvalue weighted by molar-refractivity contribution is -0.124. The lowest BCUT2D eigenvalue weighted by Gasteiger charge is -2.33. The summed E-state index contributed by atoms with van der Waals surface area (Å²) >= 11 is 0. The Morgan fingerprint density at radius 3 is 2.74 bits per heavy atom. The van der Waals surface area contributed by atoms with E-state index in [4.69, 9.17) is 9.47 Å². The zero-order chi connectivity index (χ0) is 18.4. The second-order valence-electron chi connectivity index (χ2n) is 6.88. The summed E-state index contributed by atoms with van der Waals surface area (Å²) in [6, 6.07) is 3.83. The van der Waals surface area contributed by atoms with E-state index in [0.717, 1.165) is 31.9 Å². The van der Waals surface area contributed by atoms with Gasteiger partial charge in [-0.3, -0.25) is 4.79 Å².